The molecule has 0 bridgehead atoms. The van der Waals surface area contributed by atoms with Crippen LogP contribution in [0.1, 0.15) is 24.0 Å². The Balaban J connectivity index is 1.40. The SMILES string of the molecule is CSc1ccccc1CN1CCC(CNC(=O)Nc2ccccc2C)CC1. The third-order valence-corrected chi connectivity index (χ3v) is 6.08. The lowest BCUT2D eigenvalue weighted by molar-refractivity contribution is 0.175. The van der Waals surface area contributed by atoms with Gasteiger partial charge in [0.2, 0.25) is 0 Å². The fraction of sp³-hybridized carbons (Fsp3) is 0.409. The van der Waals surface area contributed by atoms with Gasteiger partial charge in [-0.15, -0.1) is 11.8 Å². The molecular formula is C22H29N3OS. The van der Waals surface area contributed by atoms with Crippen molar-refractivity contribution in [3.8, 4) is 0 Å². The second-order valence-electron chi connectivity index (χ2n) is 7.18. The van der Waals surface area contributed by atoms with E-state index in [0.29, 0.717) is 5.92 Å². The molecule has 27 heavy (non-hydrogen) atoms. The maximum absolute atomic E-state index is 12.1. The minimum atomic E-state index is -0.111. The van der Waals surface area contributed by atoms with Crippen molar-refractivity contribution in [3.05, 3.63) is 59.7 Å². The van der Waals surface area contributed by atoms with Gasteiger partial charge in [-0.05, 0) is 68.3 Å². The quantitative estimate of drug-likeness (QED) is 0.708. The van der Waals surface area contributed by atoms with Crippen LogP contribution in [0.3, 0.4) is 0 Å². The van der Waals surface area contributed by atoms with Gasteiger partial charge in [-0.1, -0.05) is 36.4 Å². The predicted molar refractivity (Wildman–Crippen MR) is 114 cm³/mol. The van der Waals surface area contributed by atoms with E-state index >= 15 is 0 Å². The Bertz CT molecular complexity index is 757. The summed E-state index contributed by atoms with van der Waals surface area (Å²) >= 11 is 1.82. The van der Waals surface area contributed by atoms with Crippen LogP contribution in [-0.4, -0.2) is 36.8 Å². The number of rotatable bonds is 6. The summed E-state index contributed by atoms with van der Waals surface area (Å²) in [4.78, 5) is 16.0. The van der Waals surface area contributed by atoms with Crippen LogP contribution in [0.4, 0.5) is 10.5 Å². The summed E-state index contributed by atoms with van der Waals surface area (Å²) in [7, 11) is 0. The normalized spacial score (nSPS) is 15.5. The predicted octanol–water partition coefficient (Wildman–Crippen LogP) is 4.75. The number of nitrogens with zero attached hydrogens (tertiary/aromatic N) is 1. The van der Waals surface area contributed by atoms with Gasteiger partial charge >= 0.3 is 6.03 Å². The van der Waals surface area contributed by atoms with Crippen LogP contribution in [0.25, 0.3) is 0 Å². The number of hydrogen-bond acceptors (Lipinski definition) is 3. The molecule has 2 aromatic rings. The zero-order valence-corrected chi connectivity index (χ0v) is 17.0. The molecule has 0 aromatic heterocycles. The van der Waals surface area contributed by atoms with Gasteiger partial charge in [-0.25, -0.2) is 4.79 Å². The largest absolute Gasteiger partial charge is 0.338 e. The molecule has 1 heterocycles. The molecule has 2 amide bonds. The van der Waals surface area contributed by atoms with E-state index in [1.807, 2.05) is 43.0 Å². The number of thioether (sulfide) groups is 1. The van der Waals surface area contributed by atoms with E-state index < -0.39 is 0 Å². The Morgan fingerprint density at radius 1 is 1.11 bits per heavy atom. The Morgan fingerprint density at radius 2 is 1.81 bits per heavy atom. The van der Waals surface area contributed by atoms with E-state index in [2.05, 4.69) is 46.1 Å². The summed E-state index contributed by atoms with van der Waals surface area (Å²) in [5.41, 5.74) is 3.36. The van der Waals surface area contributed by atoms with Crippen molar-refractivity contribution in [2.75, 3.05) is 31.2 Å². The molecule has 1 aliphatic heterocycles. The van der Waals surface area contributed by atoms with Crippen molar-refractivity contribution in [2.24, 2.45) is 5.92 Å². The Labute approximate surface area is 166 Å². The molecule has 144 valence electrons. The number of anilines is 1. The van der Waals surface area contributed by atoms with Gasteiger partial charge in [0.15, 0.2) is 0 Å². The number of urea groups is 1. The number of nitrogens with one attached hydrogen (secondary N) is 2. The second-order valence-corrected chi connectivity index (χ2v) is 8.03. The summed E-state index contributed by atoms with van der Waals surface area (Å²) in [6, 6.07) is 16.4. The van der Waals surface area contributed by atoms with Crippen molar-refractivity contribution in [1.82, 2.24) is 10.2 Å². The zero-order valence-electron chi connectivity index (χ0n) is 16.2. The van der Waals surface area contributed by atoms with Gasteiger partial charge in [0, 0.05) is 23.7 Å². The highest BCUT2D eigenvalue weighted by molar-refractivity contribution is 7.98. The van der Waals surface area contributed by atoms with Crippen molar-refractivity contribution >= 4 is 23.5 Å². The highest BCUT2D eigenvalue weighted by atomic mass is 32.2. The molecule has 0 unspecified atom stereocenters. The molecule has 3 rings (SSSR count). The van der Waals surface area contributed by atoms with Gasteiger partial charge in [-0.3, -0.25) is 4.90 Å². The number of hydrogen-bond donors (Lipinski definition) is 2. The number of piperidine rings is 1. The lowest BCUT2D eigenvalue weighted by atomic mass is 9.96. The van der Waals surface area contributed by atoms with E-state index in [9.17, 15) is 4.79 Å². The number of benzene rings is 2. The van der Waals surface area contributed by atoms with Gasteiger partial charge < -0.3 is 10.6 Å². The lowest BCUT2D eigenvalue weighted by Gasteiger charge is -2.32. The van der Waals surface area contributed by atoms with E-state index in [-0.39, 0.29) is 6.03 Å². The van der Waals surface area contributed by atoms with Crippen LogP contribution in [0, 0.1) is 12.8 Å². The Morgan fingerprint density at radius 3 is 2.56 bits per heavy atom. The molecule has 0 spiro atoms. The zero-order chi connectivity index (χ0) is 19.1. The lowest BCUT2D eigenvalue weighted by Crippen LogP contribution is -2.39. The molecule has 2 aromatic carbocycles. The summed E-state index contributed by atoms with van der Waals surface area (Å²) in [5, 5.41) is 5.98. The molecule has 4 nitrogen and oxygen atoms in total. The molecule has 0 saturated carbocycles. The average molecular weight is 384 g/mol. The van der Waals surface area contributed by atoms with Gasteiger partial charge in [0.1, 0.15) is 0 Å². The van der Waals surface area contributed by atoms with Gasteiger partial charge in [0.25, 0.3) is 0 Å². The van der Waals surface area contributed by atoms with Gasteiger partial charge in [-0.2, -0.15) is 0 Å². The van der Waals surface area contributed by atoms with Gasteiger partial charge in [0.05, 0.1) is 0 Å². The van der Waals surface area contributed by atoms with Crippen molar-refractivity contribution in [3.63, 3.8) is 0 Å². The fourth-order valence-electron chi connectivity index (χ4n) is 3.54. The molecule has 1 saturated heterocycles. The van der Waals surface area contributed by atoms with E-state index in [1.54, 1.807) is 0 Å². The van der Waals surface area contributed by atoms with E-state index in [0.717, 1.165) is 50.3 Å². The van der Waals surface area contributed by atoms with Crippen molar-refractivity contribution in [2.45, 2.75) is 31.2 Å². The van der Waals surface area contributed by atoms with Crippen LogP contribution >= 0.6 is 11.8 Å². The summed E-state index contributed by atoms with van der Waals surface area (Å²) < 4.78 is 0. The van der Waals surface area contributed by atoms with Crippen LogP contribution in [-0.2, 0) is 6.54 Å². The minimum Gasteiger partial charge on any atom is -0.338 e. The Hall–Kier alpha value is -1.98. The van der Waals surface area contributed by atoms with Crippen LogP contribution < -0.4 is 10.6 Å². The standard InChI is InChI=1S/C22H29N3OS/c1-17-7-3-5-9-20(17)24-22(26)23-15-18-11-13-25(14-12-18)16-19-8-4-6-10-21(19)27-2/h3-10,18H,11-16H2,1-2H3,(H2,23,24,26). The first-order valence-corrected chi connectivity index (χ1v) is 10.8. The number of carbonyl (C=O) groups is 1. The number of likely N-dealkylation sites (tertiary alicyclic amines) is 1. The smallest absolute Gasteiger partial charge is 0.319 e. The third-order valence-electron chi connectivity index (χ3n) is 5.24. The second kappa shape index (κ2) is 9.81. The molecule has 2 N–H and O–H groups in total. The highest BCUT2D eigenvalue weighted by Crippen LogP contribution is 2.24. The van der Waals surface area contributed by atoms with Crippen LogP contribution in [0.5, 0.6) is 0 Å². The summed E-state index contributed by atoms with van der Waals surface area (Å²) in [5.74, 6) is 0.555. The Kier molecular flexibility index (Phi) is 7.18. The maximum Gasteiger partial charge on any atom is 0.319 e. The summed E-state index contributed by atoms with van der Waals surface area (Å²) in [6.45, 7) is 5.95. The fourth-order valence-corrected chi connectivity index (χ4v) is 4.15. The molecular weight excluding hydrogens is 354 g/mol. The minimum absolute atomic E-state index is 0.111. The highest BCUT2D eigenvalue weighted by Gasteiger charge is 2.20. The van der Waals surface area contributed by atoms with Crippen LogP contribution in [0.2, 0.25) is 0 Å². The maximum atomic E-state index is 12.1. The van der Waals surface area contributed by atoms with E-state index in [4.69, 9.17) is 0 Å². The monoisotopic (exact) mass is 383 g/mol. The number of aryl methyl sites for hydroxylation is 1. The first-order chi connectivity index (χ1) is 13.2. The molecule has 1 fully saturated rings. The van der Waals surface area contributed by atoms with Crippen molar-refractivity contribution < 1.29 is 4.79 Å². The third kappa shape index (κ3) is 5.75. The first-order valence-electron chi connectivity index (χ1n) is 9.60. The number of carbonyl (C=O) groups excluding carboxylic acids is 1. The molecule has 0 aliphatic carbocycles. The first kappa shape index (κ1) is 19.8. The molecule has 0 radical (unpaired) electrons. The molecule has 5 heteroatoms. The van der Waals surface area contributed by atoms with E-state index in [1.165, 1.54) is 10.5 Å². The van der Waals surface area contributed by atoms with Crippen LogP contribution in [0.15, 0.2) is 53.4 Å². The van der Waals surface area contributed by atoms with Crippen molar-refractivity contribution in [1.29, 1.82) is 0 Å². The molecule has 0 atom stereocenters. The summed E-state index contributed by atoms with van der Waals surface area (Å²) in [6.07, 6.45) is 4.40. The molecule has 1 aliphatic rings. The average Bonchev–Trinajstić information content (AvgIpc) is 2.70. The topological polar surface area (TPSA) is 44.4 Å². The number of amides is 2. The number of para-hydroxylation sites is 1.